The Hall–Kier alpha value is -3.23. The number of phenolic OH excluding ortho intramolecular Hbond substituents is 3. The first kappa shape index (κ1) is 30.3. The van der Waals surface area contributed by atoms with Crippen LogP contribution in [0.25, 0.3) is 0 Å². The van der Waals surface area contributed by atoms with E-state index in [4.69, 9.17) is 9.47 Å². The van der Waals surface area contributed by atoms with E-state index in [2.05, 4.69) is 20.8 Å². The Bertz CT molecular complexity index is 1210. The molecule has 3 rings (SSSR count). The molecule has 3 N–H and O–H groups in total. The Balaban J connectivity index is 1.75. The summed E-state index contributed by atoms with van der Waals surface area (Å²) < 4.78 is 11.4. The highest BCUT2D eigenvalue weighted by Crippen LogP contribution is 2.49. The zero-order chi connectivity index (χ0) is 29.0. The molecule has 1 atom stereocenters. The van der Waals surface area contributed by atoms with Gasteiger partial charge in [-0.15, -0.1) is 0 Å². The molecule has 0 aliphatic carbocycles. The Morgan fingerprint density at radius 2 is 1.64 bits per heavy atom. The molecule has 1 unspecified atom stereocenters. The van der Waals surface area contributed by atoms with Gasteiger partial charge in [-0.25, -0.2) is 0 Å². The van der Waals surface area contributed by atoms with E-state index >= 15 is 0 Å². The minimum atomic E-state index is -0.327. The molecule has 0 spiro atoms. The van der Waals surface area contributed by atoms with E-state index in [1.165, 1.54) is 23.1 Å². The minimum absolute atomic E-state index is 0.0673. The summed E-state index contributed by atoms with van der Waals surface area (Å²) in [7, 11) is 5.19. The van der Waals surface area contributed by atoms with E-state index in [1.807, 2.05) is 13.0 Å². The molecule has 0 fully saturated rings. The number of nitrogens with zero attached hydrogens (tertiary/aromatic N) is 2. The van der Waals surface area contributed by atoms with Gasteiger partial charge in [-0.2, -0.15) is 0 Å². The Labute approximate surface area is 232 Å². The number of hydrogen-bond acceptors (Lipinski definition) is 7. The van der Waals surface area contributed by atoms with Crippen LogP contribution in [0.3, 0.4) is 0 Å². The number of methoxy groups -OCH3 is 2. The summed E-state index contributed by atoms with van der Waals surface area (Å²) in [5, 5.41) is 31.5. The fourth-order valence-corrected chi connectivity index (χ4v) is 5.15. The van der Waals surface area contributed by atoms with Crippen LogP contribution in [0.4, 0.5) is 17.1 Å². The molecule has 8 heteroatoms. The molecule has 1 heterocycles. The van der Waals surface area contributed by atoms with Gasteiger partial charge in [-0.1, -0.05) is 17.7 Å². The van der Waals surface area contributed by atoms with Gasteiger partial charge in [0.2, 0.25) is 0 Å². The first-order chi connectivity index (χ1) is 18.3. The van der Waals surface area contributed by atoms with Crippen LogP contribution in [-0.4, -0.2) is 60.2 Å². The Morgan fingerprint density at radius 3 is 2.31 bits per heavy atom. The second-order valence-corrected chi connectivity index (χ2v) is 11.4. The molecule has 0 bridgehead atoms. The highest BCUT2D eigenvalue weighted by Gasteiger charge is 2.33. The van der Waals surface area contributed by atoms with Crippen molar-refractivity contribution in [3.8, 4) is 17.2 Å². The summed E-state index contributed by atoms with van der Waals surface area (Å²) in [6.07, 6.45) is 7.63. The number of carbonyl (C=O) groups excluding carboxylic acids is 1. The minimum Gasteiger partial charge on any atom is -0.508 e. The van der Waals surface area contributed by atoms with E-state index in [0.29, 0.717) is 22.6 Å². The van der Waals surface area contributed by atoms with Crippen LogP contribution in [0.15, 0.2) is 42.0 Å². The lowest BCUT2D eigenvalue weighted by molar-refractivity contribution is -0.0242. The average Bonchev–Trinajstić information content (AvgIpc) is 2.96. The summed E-state index contributed by atoms with van der Waals surface area (Å²) in [5.74, 6) is -0.732. The predicted molar refractivity (Wildman–Crippen MR) is 156 cm³/mol. The molecule has 8 nitrogen and oxygen atoms in total. The molecule has 0 radical (unpaired) electrons. The van der Waals surface area contributed by atoms with Gasteiger partial charge >= 0.3 is 0 Å². The van der Waals surface area contributed by atoms with Crippen LogP contribution in [-0.2, 0) is 9.47 Å². The number of phenols is 3. The fraction of sp³-hybridized carbons (Fsp3) is 0.516. The van der Waals surface area contributed by atoms with Gasteiger partial charge in [0, 0.05) is 39.9 Å². The molecule has 39 heavy (non-hydrogen) atoms. The monoisotopic (exact) mass is 540 g/mol. The number of anilines is 3. The van der Waals surface area contributed by atoms with Crippen molar-refractivity contribution in [2.45, 2.75) is 77.4 Å². The largest absolute Gasteiger partial charge is 0.508 e. The summed E-state index contributed by atoms with van der Waals surface area (Å²) in [6.45, 7) is 8.64. The van der Waals surface area contributed by atoms with Gasteiger partial charge in [-0.3, -0.25) is 4.79 Å². The molecule has 1 amide bonds. The van der Waals surface area contributed by atoms with Crippen LogP contribution >= 0.6 is 0 Å². The molecule has 0 saturated heterocycles. The number of amides is 1. The predicted octanol–water partition coefficient (Wildman–Crippen LogP) is 6.65. The van der Waals surface area contributed by atoms with Crippen molar-refractivity contribution in [1.82, 2.24) is 0 Å². The van der Waals surface area contributed by atoms with Gasteiger partial charge in [0.05, 0.1) is 28.1 Å². The third kappa shape index (κ3) is 7.05. The molecule has 0 aromatic heterocycles. The third-order valence-electron chi connectivity index (χ3n) is 7.94. The number of rotatable bonds is 12. The quantitative estimate of drug-likeness (QED) is 0.259. The van der Waals surface area contributed by atoms with Crippen LogP contribution in [0.2, 0.25) is 0 Å². The van der Waals surface area contributed by atoms with Crippen molar-refractivity contribution >= 4 is 23.0 Å². The third-order valence-corrected chi connectivity index (χ3v) is 7.94. The molecule has 1 aliphatic heterocycles. The average molecular weight is 541 g/mol. The van der Waals surface area contributed by atoms with E-state index in [-0.39, 0.29) is 40.9 Å². The second kappa shape index (κ2) is 12.3. The number of aromatic hydroxyl groups is 3. The zero-order valence-electron chi connectivity index (χ0n) is 24.4. The highest BCUT2D eigenvalue weighted by atomic mass is 16.5. The van der Waals surface area contributed by atoms with Crippen molar-refractivity contribution < 1.29 is 29.6 Å². The number of fused-ring (bicyclic) bond motifs is 2. The molecule has 214 valence electrons. The van der Waals surface area contributed by atoms with Gasteiger partial charge < -0.3 is 34.6 Å². The molecular weight excluding hydrogens is 496 g/mol. The van der Waals surface area contributed by atoms with E-state index in [9.17, 15) is 20.1 Å². The van der Waals surface area contributed by atoms with E-state index in [0.717, 1.165) is 44.1 Å². The van der Waals surface area contributed by atoms with Crippen molar-refractivity contribution in [2.24, 2.45) is 0 Å². The normalized spacial score (nSPS) is 15.6. The standard InChI is InChI=1S/C31H44N2O6/c1-21(11-9-16-31(4,39-7)17-10-15-30(2,3)38-6)14-18-33-24-19-22(34)20-26(36)28(24)32(5)27-23(29(33)37)12-8-13-25(27)35/h8,12-14,19-20,34-36H,9-11,15-18H2,1-7H3/b21-14+. The van der Waals surface area contributed by atoms with Crippen molar-refractivity contribution in [1.29, 1.82) is 0 Å². The van der Waals surface area contributed by atoms with Crippen LogP contribution in [0, 0.1) is 0 Å². The summed E-state index contributed by atoms with van der Waals surface area (Å²) in [5.41, 5.74) is 2.09. The van der Waals surface area contributed by atoms with Crippen LogP contribution in [0.1, 0.15) is 76.6 Å². The van der Waals surface area contributed by atoms with Gasteiger partial charge in [0.15, 0.2) is 0 Å². The lowest BCUT2D eigenvalue weighted by Crippen LogP contribution is -2.30. The number of ether oxygens (including phenoxy) is 2. The summed E-state index contributed by atoms with van der Waals surface area (Å²) in [4.78, 5) is 16.8. The van der Waals surface area contributed by atoms with Gasteiger partial charge in [0.1, 0.15) is 22.9 Å². The van der Waals surface area contributed by atoms with E-state index < -0.39 is 0 Å². The smallest absolute Gasteiger partial charge is 0.260 e. The Morgan fingerprint density at radius 1 is 0.949 bits per heavy atom. The molecular formula is C31H44N2O6. The number of hydrogen-bond donors (Lipinski definition) is 3. The second-order valence-electron chi connectivity index (χ2n) is 11.4. The van der Waals surface area contributed by atoms with Crippen LogP contribution < -0.4 is 9.80 Å². The van der Waals surface area contributed by atoms with Crippen molar-refractivity contribution in [3.63, 3.8) is 0 Å². The van der Waals surface area contributed by atoms with Crippen LogP contribution in [0.5, 0.6) is 17.2 Å². The first-order valence-corrected chi connectivity index (χ1v) is 13.5. The molecule has 0 saturated carbocycles. The lowest BCUT2D eigenvalue weighted by Gasteiger charge is -2.30. The van der Waals surface area contributed by atoms with Gasteiger partial charge in [-0.05, 0) is 78.4 Å². The first-order valence-electron chi connectivity index (χ1n) is 13.5. The maximum Gasteiger partial charge on any atom is 0.260 e. The highest BCUT2D eigenvalue weighted by molar-refractivity contribution is 6.15. The van der Waals surface area contributed by atoms with Crippen molar-refractivity contribution in [3.05, 3.63) is 47.5 Å². The maximum atomic E-state index is 13.7. The number of allylic oxidation sites excluding steroid dienone is 1. The molecule has 2 aromatic rings. The lowest BCUT2D eigenvalue weighted by atomic mass is 9.89. The van der Waals surface area contributed by atoms with Gasteiger partial charge in [0.25, 0.3) is 5.91 Å². The SMILES string of the molecule is COC(C)(C)CCCC(C)(CCC/C(C)=C/CN1C(=O)c2cccc(O)c2N(C)c2c(O)cc(O)cc21)OC. The summed E-state index contributed by atoms with van der Waals surface area (Å²) >= 11 is 0. The number of benzene rings is 2. The van der Waals surface area contributed by atoms with Crippen molar-refractivity contribution in [2.75, 3.05) is 37.6 Å². The zero-order valence-corrected chi connectivity index (χ0v) is 24.4. The maximum absolute atomic E-state index is 13.7. The fourth-order valence-electron chi connectivity index (χ4n) is 5.15. The summed E-state index contributed by atoms with van der Waals surface area (Å²) in [6, 6.07) is 7.47. The van der Waals surface area contributed by atoms with E-state index in [1.54, 1.807) is 38.3 Å². The number of carbonyl (C=O) groups is 1. The molecule has 2 aromatic carbocycles. The topological polar surface area (TPSA) is 103 Å². The Kier molecular flexibility index (Phi) is 9.56. The number of para-hydroxylation sites is 1. The molecule has 1 aliphatic rings.